The van der Waals surface area contributed by atoms with Crippen molar-refractivity contribution in [1.82, 2.24) is 0 Å². The molecule has 1 aromatic rings. The Morgan fingerprint density at radius 3 is 2.65 bits per heavy atom. The van der Waals surface area contributed by atoms with Crippen LogP contribution in [0.4, 0.5) is 0 Å². The summed E-state index contributed by atoms with van der Waals surface area (Å²) in [5.41, 5.74) is 6.87. The molecule has 0 amide bonds. The topological polar surface area (TPSA) is 35.2 Å². The number of nitrogens with two attached hydrogens (primary N) is 1. The van der Waals surface area contributed by atoms with Crippen LogP contribution in [0.3, 0.4) is 0 Å². The molecule has 2 N–H and O–H groups in total. The molecule has 1 aromatic carbocycles. The van der Waals surface area contributed by atoms with E-state index in [-0.39, 0.29) is 0 Å². The van der Waals surface area contributed by atoms with Gasteiger partial charge in [-0.25, -0.2) is 0 Å². The largest absolute Gasteiger partial charge is 0.490 e. The highest BCUT2D eigenvalue weighted by Crippen LogP contribution is 2.29. The zero-order valence-electron chi connectivity index (χ0n) is 10.7. The quantitative estimate of drug-likeness (QED) is 0.866. The Kier molecular flexibility index (Phi) is 4.43. The average molecular weight is 233 g/mol. The van der Waals surface area contributed by atoms with E-state index in [9.17, 15) is 0 Å². The molecule has 0 aromatic heterocycles. The minimum absolute atomic E-state index is 0.408. The molecule has 1 aliphatic carbocycles. The predicted molar refractivity (Wildman–Crippen MR) is 71.2 cm³/mol. The monoisotopic (exact) mass is 233 g/mol. The van der Waals surface area contributed by atoms with Gasteiger partial charge in [-0.1, -0.05) is 12.1 Å². The summed E-state index contributed by atoms with van der Waals surface area (Å²) in [7, 11) is 0. The van der Waals surface area contributed by atoms with Crippen LogP contribution in [0.1, 0.15) is 37.7 Å². The van der Waals surface area contributed by atoms with Gasteiger partial charge in [0.1, 0.15) is 5.75 Å². The molecule has 94 valence electrons. The number of hydrogen-bond acceptors (Lipinski definition) is 2. The van der Waals surface area contributed by atoms with E-state index in [1.165, 1.54) is 37.7 Å². The summed E-state index contributed by atoms with van der Waals surface area (Å²) in [4.78, 5) is 0. The van der Waals surface area contributed by atoms with Crippen LogP contribution in [-0.4, -0.2) is 12.6 Å². The van der Waals surface area contributed by atoms with Gasteiger partial charge in [-0.15, -0.1) is 0 Å². The van der Waals surface area contributed by atoms with E-state index in [0.717, 1.165) is 18.2 Å². The molecule has 2 heteroatoms. The molecule has 0 spiro atoms. The van der Waals surface area contributed by atoms with E-state index >= 15 is 0 Å². The maximum Gasteiger partial charge on any atom is 0.119 e. The van der Waals surface area contributed by atoms with Crippen LogP contribution in [-0.2, 0) is 0 Å². The van der Waals surface area contributed by atoms with Crippen LogP contribution < -0.4 is 10.5 Å². The molecule has 1 aliphatic rings. The van der Waals surface area contributed by atoms with Crippen LogP contribution in [0.5, 0.6) is 5.75 Å². The predicted octanol–water partition coefficient (Wildman–Crippen LogP) is 3.28. The fourth-order valence-corrected chi connectivity index (χ4v) is 2.66. The van der Waals surface area contributed by atoms with Gasteiger partial charge >= 0.3 is 0 Å². The van der Waals surface area contributed by atoms with Gasteiger partial charge in [0.05, 0.1) is 6.10 Å². The van der Waals surface area contributed by atoms with Crippen molar-refractivity contribution in [2.45, 2.75) is 45.1 Å². The van der Waals surface area contributed by atoms with Crippen LogP contribution in [0.2, 0.25) is 0 Å². The molecule has 0 heterocycles. The number of benzene rings is 1. The van der Waals surface area contributed by atoms with E-state index in [4.69, 9.17) is 10.5 Å². The lowest BCUT2D eigenvalue weighted by atomic mass is 9.85. The molecule has 0 saturated heterocycles. The fourth-order valence-electron chi connectivity index (χ4n) is 2.66. The highest BCUT2D eigenvalue weighted by molar-refractivity contribution is 5.27. The molecule has 0 radical (unpaired) electrons. The van der Waals surface area contributed by atoms with Gasteiger partial charge in [-0.05, 0) is 69.2 Å². The van der Waals surface area contributed by atoms with Crippen molar-refractivity contribution in [3.8, 4) is 5.75 Å². The summed E-state index contributed by atoms with van der Waals surface area (Å²) in [5.74, 6) is 1.85. The summed E-state index contributed by atoms with van der Waals surface area (Å²) in [6.45, 7) is 2.93. The van der Waals surface area contributed by atoms with Gasteiger partial charge in [0, 0.05) is 0 Å². The average Bonchev–Trinajstić information content (AvgIpc) is 2.32. The second kappa shape index (κ2) is 6.06. The van der Waals surface area contributed by atoms with Crippen LogP contribution >= 0.6 is 0 Å². The van der Waals surface area contributed by atoms with Crippen LogP contribution in [0.25, 0.3) is 0 Å². The van der Waals surface area contributed by atoms with Crippen molar-refractivity contribution < 1.29 is 4.74 Å². The molecule has 2 nitrogen and oxygen atoms in total. The van der Waals surface area contributed by atoms with Gasteiger partial charge in [0.15, 0.2) is 0 Å². The fraction of sp³-hybridized carbons (Fsp3) is 0.600. The first-order valence-electron chi connectivity index (χ1n) is 6.71. The molecule has 0 bridgehead atoms. The van der Waals surface area contributed by atoms with Crippen LogP contribution in [0, 0.1) is 12.8 Å². The van der Waals surface area contributed by atoms with E-state index in [1.807, 2.05) is 0 Å². The first kappa shape index (κ1) is 12.4. The zero-order chi connectivity index (χ0) is 12.1. The Morgan fingerprint density at radius 1 is 1.24 bits per heavy atom. The van der Waals surface area contributed by atoms with Crippen molar-refractivity contribution in [3.63, 3.8) is 0 Å². The molecule has 0 unspecified atom stereocenters. The van der Waals surface area contributed by atoms with Crippen molar-refractivity contribution in [3.05, 3.63) is 29.8 Å². The van der Waals surface area contributed by atoms with Gasteiger partial charge in [0.2, 0.25) is 0 Å². The second-order valence-electron chi connectivity index (χ2n) is 5.15. The smallest absolute Gasteiger partial charge is 0.119 e. The lowest BCUT2D eigenvalue weighted by molar-refractivity contribution is 0.129. The molecule has 1 saturated carbocycles. The maximum absolute atomic E-state index is 6.03. The Balaban J connectivity index is 1.82. The SMILES string of the molecule is Cc1cccc(OC2CCC(CCN)CC2)c1. The molecular formula is C15H23NO. The molecule has 2 rings (SSSR count). The van der Waals surface area contributed by atoms with Crippen molar-refractivity contribution in [2.75, 3.05) is 6.54 Å². The third kappa shape index (κ3) is 3.74. The highest BCUT2D eigenvalue weighted by Gasteiger charge is 2.21. The Hall–Kier alpha value is -1.02. The standard InChI is InChI=1S/C15H23NO/c1-12-3-2-4-15(11-12)17-14-7-5-13(6-8-14)9-10-16/h2-4,11,13-14H,5-10,16H2,1H3. The zero-order valence-corrected chi connectivity index (χ0v) is 10.7. The highest BCUT2D eigenvalue weighted by atomic mass is 16.5. The maximum atomic E-state index is 6.03. The molecule has 1 fully saturated rings. The first-order valence-corrected chi connectivity index (χ1v) is 6.71. The summed E-state index contributed by atoms with van der Waals surface area (Å²) < 4.78 is 6.03. The summed E-state index contributed by atoms with van der Waals surface area (Å²) in [6.07, 6.45) is 6.49. The normalized spacial score (nSPS) is 24.6. The third-order valence-electron chi connectivity index (χ3n) is 3.66. The summed E-state index contributed by atoms with van der Waals surface area (Å²) >= 11 is 0. The number of aryl methyl sites for hydroxylation is 1. The number of rotatable bonds is 4. The van der Waals surface area contributed by atoms with Crippen molar-refractivity contribution in [1.29, 1.82) is 0 Å². The van der Waals surface area contributed by atoms with Gasteiger partial charge in [-0.3, -0.25) is 0 Å². The molecular weight excluding hydrogens is 210 g/mol. The third-order valence-corrected chi connectivity index (χ3v) is 3.66. The second-order valence-corrected chi connectivity index (χ2v) is 5.15. The van der Waals surface area contributed by atoms with E-state index < -0.39 is 0 Å². The van der Waals surface area contributed by atoms with Crippen molar-refractivity contribution in [2.24, 2.45) is 11.7 Å². The lowest BCUT2D eigenvalue weighted by Gasteiger charge is -2.28. The van der Waals surface area contributed by atoms with Gasteiger partial charge < -0.3 is 10.5 Å². The van der Waals surface area contributed by atoms with Crippen molar-refractivity contribution >= 4 is 0 Å². The summed E-state index contributed by atoms with van der Waals surface area (Å²) in [5, 5.41) is 0. The minimum atomic E-state index is 0.408. The number of hydrogen-bond donors (Lipinski definition) is 1. The van der Waals surface area contributed by atoms with Gasteiger partial charge in [-0.2, -0.15) is 0 Å². The summed E-state index contributed by atoms with van der Waals surface area (Å²) in [6, 6.07) is 8.33. The van der Waals surface area contributed by atoms with E-state index in [0.29, 0.717) is 6.10 Å². The van der Waals surface area contributed by atoms with E-state index in [2.05, 4.69) is 31.2 Å². The Morgan fingerprint density at radius 2 is 2.00 bits per heavy atom. The number of ether oxygens (including phenoxy) is 1. The minimum Gasteiger partial charge on any atom is -0.490 e. The molecule has 17 heavy (non-hydrogen) atoms. The Labute approximate surface area is 104 Å². The first-order chi connectivity index (χ1) is 8.28. The lowest BCUT2D eigenvalue weighted by Crippen LogP contribution is -2.25. The Bertz CT molecular complexity index is 343. The van der Waals surface area contributed by atoms with Gasteiger partial charge in [0.25, 0.3) is 0 Å². The molecule has 0 atom stereocenters. The van der Waals surface area contributed by atoms with E-state index in [1.54, 1.807) is 0 Å². The van der Waals surface area contributed by atoms with Crippen LogP contribution in [0.15, 0.2) is 24.3 Å². The molecule has 0 aliphatic heterocycles.